The lowest BCUT2D eigenvalue weighted by atomic mass is 10.1. The van der Waals surface area contributed by atoms with E-state index in [0.717, 1.165) is 25.9 Å². The molecule has 0 aliphatic carbocycles. The van der Waals surface area contributed by atoms with Gasteiger partial charge in [0.2, 0.25) is 0 Å². The molecule has 0 aromatic carbocycles. The second kappa shape index (κ2) is 7.71. The molecule has 0 aromatic heterocycles. The summed E-state index contributed by atoms with van der Waals surface area (Å²) in [6, 6.07) is -0.338. The summed E-state index contributed by atoms with van der Waals surface area (Å²) in [4.78, 5) is 14.0. The van der Waals surface area contributed by atoms with Crippen LogP contribution in [0.5, 0.6) is 0 Å². The zero-order valence-corrected chi connectivity index (χ0v) is 11.9. The first kappa shape index (κ1) is 15.4. The number of rotatable bonds is 7. The Labute approximate surface area is 110 Å². The van der Waals surface area contributed by atoms with Gasteiger partial charge in [-0.1, -0.05) is 0 Å². The number of likely N-dealkylation sites (N-methyl/N-ethyl adjacent to an activating group) is 1. The molecule has 18 heavy (non-hydrogen) atoms. The molecule has 5 heteroatoms. The van der Waals surface area contributed by atoms with Crippen molar-refractivity contribution in [1.29, 1.82) is 0 Å². The lowest BCUT2D eigenvalue weighted by Gasteiger charge is -2.23. The summed E-state index contributed by atoms with van der Waals surface area (Å²) >= 11 is 0. The molecule has 0 spiro atoms. The molecule has 1 aliphatic heterocycles. The van der Waals surface area contributed by atoms with Crippen molar-refractivity contribution in [2.24, 2.45) is 0 Å². The Morgan fingerprint density at radius 1 is 1.50 bits per heavy atom. The highest BCUT2D eigenvalue weighted by Gasteiger charge is 2.34. The Hall–Kier alpha value is -0.650. The van der Waals surface area contributed by atoms with Crippen molar-refractivity contribution in [2.45, 2.75) is 44.9 Å². The van der Waals surface area contributed by atoms with Gasteiger partial charge in [0.15, 0.2) is 0 Å². The van der Waals surface area contributed by atoms with Crippen LogP contribution in [0.1, 0.15) is 26.7 Å². The highest BCUT2D eigenvalue weighted by atomic mass is 16.5. The maximum atomic E-state index is 11.9. The van der Waals surface area contributed by atoms with Crippen LogP contribution in [-0.4, -0.2) is 62.9 Å². The van der Waals surface area contributed by atoms with E-state index in [1.54, 1.807) is 0 Å². The third kappa shape index (κ3) is 4.92. The predicted molar refractivity (Wildman–Crippen MR) is 70.5 cm³/mol. The quantitative estimate of drug-likeness (QED) is 0.679. The van der Waals surface area contributed by atoms with Crippen LogP contribution in [0.25, 0.3) is 0 Å². The van der Waals surface area contributed by atoms with Crippen LogP contribution in [0.2, 0.25) is 0 Å². The SMILES string of the molecule is CCOC(=O)C(NCCN(C)C)C1CCC(C)O1. The molecule has 1 aliphatic rings. The fourth-order valence-electron chi connectivity index (χ4n) is 2.12. The minimum Gasteiger partial charge on any atom is -0.465 e. The molecular formula is C13H26N2O3. The van der Waals surface area contributed by atoms with Crippen LogP contribution in [0, 0.1) is 0 Å². The second-order valence-electron chi connectivity index (χ2n) is 5.05. The molecule has 106 valence electrons. The van der Waals surface area contributed by atoms with Crippen molar-refractivity contribution < 1.29 is 14.3 Å². The molecule has 1 N–H and O–H groups in total. The van der Waals surface area contributed by atoms with Gasteiger partial charge in [0.1, 0.15) is 6.04 Å². The molecule has 1 fully saturated rings. The van der Waals surface area contributed by atoms with Crippen LogP contribution >= 0.6 is 0 Å². The van der Waals surface area contributed by atoms with Crippen LogP contribution in [-0.2, 0) is 14.3 Å². The largest absolute Gasteiger partial charge is 0.465 e. The predicted octanol–water partition coefficient (Wildman–Crippen LogP) is 0.637. The van der Waals surface area contributed by atoms with Gasteiger partial charge >= 0.3 is 5.97 Å². The number of hydrogen-bond donors (Lipinski definition) is 1. The normalized spacial score (nSPS) is 25.4. The van der Waals surface area contributed by atoms with Crippen molar-refractivity contribution in [1.82, 2.24) is 10.2 Å². The zero-order valence-electron chi connectivity index (χ0n) is 11.9. The van der Waals surface area contributed by atoms with Gasteiger partial charge in [-0.15, -0.1) is 0 Å². The first-order valence-electron chi connectivity index (χ1n) is 6.74. The Balaban J connectivity index is 2.49. The van der Waals surface area contributed by atoms with Gasteiger partial charge in [-0.2, -0.15) is 0 Å². The molecule has 1 saturated heterocycles. The van der Waals surface area contributed by atoms with E-state index >= 15 is 0 Å². The molecule has 0 saturated carbocycles. The molecular weight excluding hydrogens is 232 g/mol. The molecule has 0 amide bonds. The summed E-state index contributed by atoms with van der Waals surface area (Å²) in [5.74, 6) is -0.199. The van der Waals surface area contributed by atoms with Crippen LogP contribution in [0.15, 0.2) is 0 Å². The summed E-state index contributed by atoms with van der Waals surface area (Å²) in [6.07, 6.45) is 2.11. The smallest absolute Gasteiger partial charge is 0.325 e. The van der Waals surface area contributed by atoms with E-state index in [9.17, 15) is 4.79 Å². The number of carbonyl (C=O) groups is 1. The fourth-order valence-corrected chi connectivity index (χ4v) is 2.12. The topological polar surface area (TPSA) is 50.8 Å². The van der Waals surface area contributed by atoms with E-state index in [1.165, 1.54) is 0 Å². The summed E-state index contributed by atoms with van der Waals surface area (Å²) in [5.41, 5.74) is 0. The molecule has 1 heterocycles. The summed E-state index contributed by atoms with van der Waals surface area (Å²) < 4.78 is 10.9. The molecule has 0 bridgehead atoms. The van der Waals surface area contributed by atoms with Gasteiger partial charge < -0.3 is 19.7 Å². The van der Waals surface area contributed by atoms with Gasteiger partial charge in [-0.25, -0.2) is 0 Å². The first-order chi connectivity index (χ1) is 8.54. The Kier molecular flexibility index (Phi) is 6.60. The third-order valence-electron chi connectivity index (χ3n) is 3.10. The maximum absolute atomic E-state index is 11.9. The number of hydrogen-bond acceptors (Lipinski definition) is 5. The fraction of sp³-hybridized carbons (Fsp3) is 0.923. The molecule has 3 atom stereocenters. The van der Waals surface area contributed by atoms with E-state index in [1.807, 2.05) is 27.9 Å². The lowest BCUT2D eigenvalue weighted by molar-refractivity contribution is -0.149. The van der Waals surface area contributed by atoms with Gasteiger partial charge in [0.25, 0.3) is 0 Å². The monoisotopic (exact) mass is 258 g/mol. The molecule has 0 radical (unpaired) electrons. The van der Waals surface area contributed by atoms with Crippen molar-refractivity contribution >= 4 is 5.97 Å². The standard InChI is InChI=1S/C13H26N2O3/c1-5-17-13(16)12(14-8-9-15(3)4)11-7-6-10(2)18-11/h10-12,14H,5-9H2,1-4H3. The van der Waals surface area contributed by atoms with E-state index < -0.39 is 0 Å². The minimum absolute atomic E-state index is 0.0544. The highest BCUT2D eigenvalue weighted by Crippen LogP contribution is 2.22. The third-order valence-corrected chi connectivity index (χ3v) is 3.10. The van der Waals surface area contributed by atoms with E-state index in [4.69, 9.17) is 9.47 Å². The summed E-state index contributed by atoms with van der Waals surface area (Å²) in [6.45, 7) is 5.92. The van der Waals surface area contributed by atoms with E-state index in [0.29, 0.717) is 6.61 Å². The number of nitrogens with one attached hydrogen (secondary N) is 1. The Morgan fingerprint density at radius 3 is 2.72 bits per heavy atom. The molecule has 3 unspecified atom stereocenters. The van der Waals surface area contributed by atoms with Crippen molar-refractivity contribution in [3.63, 3.8) is 0 Å². The second-order valence-corrected chi connectivity index (χ2v) is 5.05. The Morgan fingerprint density at radius 2 is 2.22 bits per heavy atom. The van der Waals surface area contributed by atoms with Crippen molar-refractivity contribution in [3.05, 3.63) is 0 Å². The van der Waals surface area contributed by atoms with Gasteiger partial charge in [-0.05, 0) is 40.8 Å². The van der Waals surface area contributed by atoms with Crippen molar-refractivity contribution in [2.75, 3.05) is 33.8 Å². The average molecular weight is 258 g/mol. The van der Waals surface area contributed by atoms with E-state index in [-0.39, 0.29) is 24.2 Å². The van der Waals surface area contributed by atoms with Gasteiger partial charge in [0.05, 0.1) is 18.8 Å². The minimum atomic E-state index is -0.338. The maximum Gasteiger partial charge on any atom is 0.325 e. The summed E-state index contributed by atoms with van der Waals surface area (Å²) in [7, 11) is 4.02. The molecule has 0 aromatic rings. The lowest BCUT2D eigenvalue weighted by Crippen LogP contribution is -2.48. The van der Waals surface area contributed by atoms with Gasteiger partial charge in [0, 0.05) is 13.1 Å². The number of carbonyl (C=O) groups excluding carboxylic acids is 1. The number of esters is 1. The number of nitrogens with zero attached hydrogens (tertiary/aromatic N) is 1. The van der Waals surface area contributed by atoms with Crippen LogP contribution in [0.4, 0.5) is 0 Å². The van der Waals surface area contributed by atoms with Crippen LogP contribution in [0.3, 0.4) is 0 Å². The molecule has 5 nitrogen and oxygen atoms in total. The van der Waals surface area contributed by atoms with Crippen molar-refractivity contribution in [3.8, 4) is 0 Å². The van der Waals surface area contributed by atoms with Gasteiger partial charge in [-0.3, -0.25) is 4.79 Å². The summed E-state index contributed by atoms with van der Waals surface area (Å²) in [5, 5.41) is 3.26. The molecule has 1 rings (SSSR count). The first-order valence-corrected chi connectivity index (χ1v) is 6.74. The average Bonchev–Trinajstić information content (AvgIpc) is 2.71. The number of ether oxygens (including phenoxy) is 2. The highest BCUT2D eigenvalue weighted by molar-refractivity contribution is 5.76. The van der Waals surface area contributed by atoms with Crippen LogP contribution < -0.4 is 5.32 Å². The zero-order chi connectivity index (χ0) is 13.5. The Bertz CT molecular complexity index is 259. The van der Waals surface area contributed by atoms with E-state index in [2.05, 4.69) is 10.2 Å².